The van der Waals surface area contributed by atoms with Crippen molar-refractivity contribution in [1.29, 1.82) is 0 Å². The predicted octanol–water partition coefficient (Wildman–Crippen LogP) is 2.09. The second-order valence-corrected chi connectivity index (χ2v) is 11.6. The van der Waals surface area contributed by atoms with Gasteiger partial charge in [0.25, 0.3) is 0 Å². The second kappa shape index (κ2) is 7.09. The Morgan fingerprint density at radius 1 is 1.10 bits per heavy atom. The maximum absolute atomic E-state index is 12.8. The molecule has 0 aliphatic carbocycles. The molecule has 9 heteroatoms. The summed E-state index contributed by atoms with van der Waals surface area (Å²) in [4.78, 5) is 2.80. The lowest BCUT2D eigenvalue weighted by atomic mass is 9.96. The van der Waals surface area contributed by atoms with E-state index in [0.29, 0.717) is 43.1 Å². The van der Waals surface area contributed by atoms with E-state index in [9.17, 15) is 16.8 Å². The van der Waals surface area contributed by atoms with Crippen molar-refractivity contribution in [2.45, 2.75) is 41.8 Å². The third-order valence-electron chi connectivity index (χ3n) is 5.61. The zero-order valence-electron chi connectivity index (χ0n) is 16.5. The summed E-state index contributed by atoms with van der Waals surface area (Å²) in [7, 11) is -6.88. The molecule has 2 N–H and O–H groups in total. The summed E-state index contributed by atoms with van der Waals surface area (Å²) in [5.74, 6) is 0. The van der Waals surface area contributed by atoms with E-state index in [0.717, 1.165) is 11.1 Å². The van der Waals surface area contributed by atoms with E-state index in [1.54, 1.807) is 18.2 Å². The number of likely N-dealkylation sites (tertiary alicyclic amines) is 1. The van der Waals surface area contributed by atoms with Crippen LogP contribution in [-0.4, -0.2) is 46.7 Å². The van der Waals surface area contributed by atoms with Crippen LogP contribution in [0, 0.1) is 6.92 Å². The van der Waals surface area contributed by atoms with Gasteiger partial charge in [-0.2, -0.15) is 4.72 Å². The van der Waals surface area contributed by atoms with E-state index in [2.05, 4.69) is 14.9 Å². The molecule has 2 aromatic carbocycles. The molecule has 156 valence electrons. The topological polar surface area (TPSA) is 95.6 Å². The van der Waals surface area contributed by atoms with Crippen molar-refractivity contribution in [1.82, 2.24) is 9.62 Å². The molecule has 29 heavy (non-hydrogen) atoms. The summed E-state index contributed by atoms with van der Waals surface area (Å²) < 4.78 is 52.5. The Morgan fingerprint density at radius 3 is 2.48 bits per heavy atom. The third-order valence-corrected chi connectivity index (χ3v) is 8.38. The van der Waals surface area contributed by atoms with Gasteiger partial charge in [0.15, 0.2) is 9.84 Å². The average molecular weight is 436 g/mol. The minimum atomic E-state index is -3.59. The highest BCUT2D eigenvalue weighted by Gasteiger charge is 2.43. The lowest BCUT2D eigenvalue weighted by Gasteiger charge is -2.45. The number of hydrogen-bond acceptors (Lipinski definition) is 6. The van der Waals surface area contributed by atoms with Crippen molar-refractivity contribution >= 4 is 25.5 Å². The molecular formula is C20H25N3O4S2. The molecule has 0 saturated carbocycles. The molecule has 7 nitrogen and oxygen atoms in total. The van der Waals surface area contributed by atoms with Crippen LogP contribution in [0.4, 0.5) is 5.69 Å². The summed E-state index contributed by atoms with van der Waals surface area (Å²) in [6.45, 7) is 3.68. The van der Waals surface area contributed by atoms with Gasteiger partial charge in [0.05, 0.1) is 10.6 Å². The predicted molar refractivity (Wildman–Crippen MR) is 112 cm³/mol. The number of fused-ring (bicyclic) bond motifs is 1. The molecule has 0 amide bonds. The molecule has 2 aromatic rings. The van der Waals surface area contributed by atoms with Gasteiger partial charge in [-0.05, 0) is 49.1 Å². The van der Waals surface area contributed by atoms with Crippen LogP contribution in [0.1, 0.15) is 24.0 Å². The maximum Gasteiger partial charge on any atom is 0.244 e. The second-order valence-electron chi connectivity index (χ2n) is 7.97. The van der Waals surface area contributed by atoms with E-state index in [4.69, 9.17) is 0 Å². The molecule has 2 heterocycles. The van der Waals surface area contributed by atoms with E-state index >= 15 is 0 Å². The average Bonchev–Trinajstić information content (AvgIpc) is 2.64. The zero-order chi connectivity index (χ0) is 20.9. The summed E-state index contributed by atoms with van der Waals surface area (Å²) >= 11 is 0. The Bertz CT molecular complexity index is 1150. The lowest BCUT2D eigenvalue weighted by molar-refractivity contribution is 0.158. The van der Waals surface area contributed by atoms with Gasteiger partial charge >= 0.3 is 0 Å². The minimum Gasteiger partial charge on any atom is -0.365 e. The van der Waals surface area contributed by atoms with E-state index < -0.39 is 25.5 Å². The molecule has 1 spiro atoms. The van der Waals surface area contributed by atoms with Crippen molar-refractivity contribution in [2.75, 3.05) is 24.7 Å². The van der Waals surface area contributed by atoms with Crippen molar-refractivity contribution < 1.29 is 16.8 Å². The first-order valence-electron chi connectivity index (χ1n) is 9.51. The monoisotopic (exact) mass is 435 g/mol. The van der Waals surface area contributed by atoms with Crippen LogP contribution in [0.25, 0.3) is 0 Å². The molecule has 2 aliphatic rings. The van der Waals surface area contributed by atoms with E-state index in [-0.39, 0.29) is 4.90 Å². The first-order valence-corrected chi connectivity index (χ1v) is 12.9. The maximum atomic E-state index is 12.8. The summed E-state index contributed by atoms with van der Waals surface area (Å²) in [5, 5.41) is 3.40. The third kappa shape index (κ3) is 4.05. The number of hydrogen-bond donors (Lipinski definition) is 2. The molecule has 0 unspecified atom stereocenters. The number of sulfone groups is 1. The van der Waals surface area contributed by atoms with Gasteiger partial charge in [0.2, 0.25) is 10.0 Å². The number of sulfonamides is 1. The van der Waals surface area contributed by atoms with Crippen LogP contribution >= 0.6 is 0 Å². The number of nitrogens with zero attached hydrogens (tertiary/aromatic N) is 1. The van der Waals surface area contributed by atoms with Gasteiger partial charge in [-0.3, -0.25) is 4.90 Å². The number of rotatable bonds is 3. The standard InChI is InChI=1S/C20H25N3O4S2/c1-15-7-8-17-19(13-15)29(26,27)22-20(21-17)9-11-23(12-10-20)14-16-5-3-4-6-18(16)28(2,24)25/h3-8,13,21-22H,9-12,14H2,1-2H3. The number of benzene rings is 2. The lowest BCUT2D eigenvalue weighted by Crippen LogP contribution is -2.61. The molecule has 4 rings (SSSR count). The Hall–Kier alpha value is -1.94. The molecule has 0 atom stereocenters. The van der Waals surface area contributed by atoms with Crippen molar-refractivity contribution in [3.63, 3.8) is 0 Å². The Morgan fingerprint density at radius 2 is 1.79 bits per heavy atom. The Labute approximate surface area is 172 Å². The fraction of sp³-hybridized carbons (Fsp3) is 0.400. The van der Waals surface area contributed by atoms with Crippen molar-refractivity contribution in [3.05, 3.63) is 53.6 Å². The van der Waals surface area contributed by atoms with Crippen LogP contribution in [-0.2, 0) is 26.4 Å². The number of piperidine rings is 1. The highest BCUT2D eigenvalue weighted by Crippen LogP contribution is 2.35. The molecule has 2 aliphatic heterocycles. The molecule has 0 radical (unpaired) electrons. The molecule has 0 aromatic heterocycles. The van der Waals surface area contributed by atoms with Crippen LogP contribution in [0.3, 0.4) is 0 Å². The smallest absolute Gasteiger partial charge is 0.244 e. The van der Waals surface area contributed by atoms with Gasteiger partial charge in [0.1, 0.15) is 10.6 Å². The molecule has 1 fully saturated rings. The van der Waals surface area contributed by atoms with E-state index in [1.165, 1.54) is 6.26 Å². The highest BCUT2D eigenvalue weighted by molar-refractivity contribution is 7.90. The van der Waals surface area contributed by atoms with Crippen LogP contribution in [0.5, 0.6) is 0 Å². The fourth-order valence-electron chi connectivity index (χ4n) is 4.11. The number of anilines is 1. The zero-order valence-corrected chi connectivity index (χ0v) is 18.1. The van der Waals surface area contributed by atoms with Crippen molar-refractivity contribution in [2.24, 2.45) is 0 Å². The molecular weight excluding hydrogens is 410 g/mol. The van der Waals surface area contributed by atoms with Gasteiger partial charge in [-0.15, -0.1) is 0 Å². The minimum absolute atomic E-state index is 0.285. The van der Waals surface area contributed by atoms with Gasteiger partial charge in [-0.25, -0.2) is 16.8 Å². The van der Waals surface area contributed by atoms with Crippen LogP contribution in [0.2, 0.25) is 0 Å². The first-order chi connectivity index (χ1) is 13.6. The van der Waals surface area contributed by atoms with Gasteiger partial charge in [0, 0.05) is 25.9 Å². The van der Waals surface area contributed by atoms with Crippen LogP contribution in [0.15, 0.2) is 52.3 Å². The van der Waals surface area contributed by atoms with Crippen molar-refractivity contribution in [3.8, 4) is 0 Å². The Balaban J connectivity index is 1.52. The van der Waals surface area contributed by atoms with Crippen LogP contribution < -0.4 is 10.0 Å². The fourth-order valence-corrected chi connectivity index (χ4v) is 6.67. The Kier molecular flexibility index (Phi) is 4.97. The van der Waals surface area contributed by atoms with Gasteiger partial charge in [-0.1, -0.05) is 24.3 Å². The first kappa shape index (κ1) is 20.3. The van der Waals surface area contributed by atoms with Gasteiger partial charge < -0.3 is 5.32 Å². The van der Waals surface area contributed by atoms with E-state index in [1.807, 2.05) is 31.2 Å². The molecule has 1 saturated heterocycles. The molecule has 0 bridgehead atoms. The summed E-state index contributed by atoms with van der Waals surface area (Å²) in [6, 6.07) is 12.4. The summed E-state index contributed by atoms with van der Waals surface area (Å²) in [5.41, 5.74) is 1.58. The largest absolute Gasteiger partial charge is 0.365 e. The SMILES string of the molecule is Cc1ccc2c(c1)S(=O)(=O)NC1(CCN(Cc3ccccc3S(C)(=O)=O)CC1)N2. The normalized spacial score (nSPS) is 20.8. The summed E-state index contributed by atoms with van der Waals surface area (Å²) in [6.07, 6.45) is 2.39. The number of aryl methyl sites for hydroxylation is 1. The number of nitrogens with one attached hydrogen (secondary N) is 2. The highest BCUT2D eigenvalue weighted by atomic mass is 32.2. The quantitative estimate of drug-likeness (QED) is 0.767.